The van der Waals surface area contributed by atoms with E-state index in [1.165, 1.54) is 25.5 Å². The second kappa shape index (κ2) is 4.86. The number of carbonyl (C=O) groups excluding carboxylic acids is 1. The van der Waals surface area contributed by atoms with Crippen molar-refractivity contribution in [3.05, 3.63) is 12.2 Å². The predicted molar refractivity (Wildman–Crippen MR) is 47.8 cm³/mol. The average molecular weight is 166 g/mol. The number of hydrogen-bond donors (Lipinski definition) is 0. The van der Waals surface area contributed by atoms with Crippen molar-refractivity contribution in [1.82, 2.24) is 4.90 Å². The molecule has 1 atom stereocenters. The Balaban J connectivity index is 2.29. The molecule has 0 aromatic carbocycles. The smallest absolute Gasteiger partial charge is 0.235 e. The Morgan fingerprint density at radius 3 is 3.17 bits per heavy atom. The quantitative estimate of drug-likeness (QED) is 0.355. The van der Waals surface area contributed by atoms with Crippen LogP contribution in [-0.4, -0.2) is 37.2 Å². The molecule has 3 nitrogen and oxygen atoms in total. The Hall–Kier alpha value is -0.920. The molecule has 0 aromatic rings. The Kier molecular flexibility index (Phi) is 3.71. The first-order valence-corrected chi connectivity index (χ1v) is 4.25. The molecule has 1 fully saturated rings. The maximum absolute atomic E-state index is 9.73. The van der Waals surface area contributed by atoms with Gasteiger partial charge in [-0.25, -0.2) is 9.79 Å². The minimum Gasteiger partial charge on any atom is -0.300 e. The summed E-state index contributed by atoms with van der Waals surface area (Å²) >= 11 is 0. The van der Waals surface area contributed by atoms with Crippen molar-refractivity contribution in [2.75, 3.05) is 20.1 Å². The van der Waals surface area contributed by atoms with E-state index in [0.717, 1.165) is 0 Å². The van der Waals surface area contributed by atoms with Crippen molar-refractivity contribution >= 4 is 6.08 Å². The van der Waals surface area contributed by atoms with Crippen LogP contribution in [0.4, 0.5) is 0 Å². The first kappa shape index (κ1) is 9.17. The van der Waals surface area contributed by atoms with Crippen molar-refractivity contribution < 1.29 is 4.79 Å². The lowest BCUT2D eigenvalue weighted by molar-refractivity contribution is 0.357. The lowest BCUT2D eigenvalue weighted by Crippen LogP contribution is -2.22. The van der Waals surface area contributed by atoms with Crippen LogP contribution in [0.2, 0.25) is 0 Å². The molecule has 1 aliphatic heterocycles. The van der Waals surface area contributed by atoms with Gasteiger partial charge in [0, 0.05) is 6.04 Å². The molecule has 1 rings (SSSR count). The molecule has 1 aliphatic rings. The van der Waals surface area contributed by atoms with Crippen LogP contribution in [0.1, 0.15) is 12.8 Å². The highest BCUT2D eigenvalue weighted by Gasteiger charge is 2.16. The van der Waals surface area contributed by atoms with Gasteiger partial charge in [0.2, 0.25) is 6.08 Å². The highest BCUT2D eigenvalue weighted by molar-refractivity contribution is 5.33. The van der Waals surface area contributed by atoms with E-state index in [-0.39, 0.29) is 0 Å². The van der Waals surface area contributed by atoms with E-state index >= 15 is 0 Å². The molecule has 0 spiro atoms. The number of nitrogens with zero attached hydrogens (tertiary/aromatic N) is 2. The second-order valence-corrected chi connectivity index (χ2v) is 3.05. The molecule has 0 saturated carbocycles. The van der Waals surface area contributed by atoms with E-state index in [1.807, 2.05) is 6.08 Å². The molecule has 1 unspecified atom stereocenters. The van der Waals surface area contributed by atoms with Gasteiger partial charge in [-0.05, 0) is 26.4 Å². The number of likely N-dealkylation sites (tertiary alicyclic amines) is 1. The fraction of sp³-hybridized carbons (Fsp3) is 0.667. The van der Waals surface area contributed by atoms with Gasteiger partial charge in [0.25, 0.3) is 0 Å². The van der Waals surface area contributed by atoms with Gasteiger partial charge in [0.1, 0.15) is 0 Å². The van der Waals surface area contributed by atoms with E-state index in [1.54, 1.807) is 0 Å². The highest BCUT2D eigenvalue weighted by Crippen LogP contribution is 2.15. The van der Waals surface area contributed by atoms with Crippen molar-refractivity contribution in [3.8, 4) is 0 Å². The van der Waals surface area contributed by atoms with Gasteiger partial charge < -0.3 is 0 Å². The first-order valence-electron chi connectivity index (χ1n) is 4.25. The van der Waals surface area contributed by atoms with Crippen molar-refractivity contribution in [1.29, 1.82) is 0 Å². The normalized spacial score (nSPS) is 24.6. The summed E-state index contributed by atoms with van der Waals surface area (Å²) in [4.78, 5) is 15.5. The molecule has 66 valence electrons. The van der Waals surface area contributed by atoms with Gasteiger partial charge in [-0.2, -0.15) is 0 Å². The van der Waals surface area contributed by atoms with E-state index in [0.29, 0.717) is 12.6 Å². The van der Waals surface area contributed by atoms with E-state index < -0.39 is 0 Å². The third-order valence-electron chi connectivity index (χ3n) is 2.20. The predicted octanol–water partition coefficient (Wildman–Crippen LogP) is 0.973. The first-order chi connectivity index (χ1) is 5.84. The van der Waals surface area contributed by atoms with Gasteiger partial charge in [-0.3, -0.25) is 4.90 Å². The molecule has 0 bridgehead atoms. The molecule has 0 amide bonds. The largest absolute Gasteiger partial charge is 0.300 e. The van der Waals surface area contributed by atoms with E-state index in [4.69, 9.17) is 0 Å². The summed E-state index contributed by atoms with van der Waals surface area (Å²) in [5.74, 6) is 0. The summed E-state index contributed by atoms with van der Waals surface area (Å²) in [6, 6.07) is 0.548. The lowest BCUT2D eigenvalue weighted by Gasteiger charge is -2.14. The molecule has 3 heteroatoms. The molecule has 0 radical (unpaired) electrons. The SMILES string of the molecule is CN1CCCC1/C=C\CN=C=O. The van der Waals surface area contributed by atoms with Gasteiger partial charge in [0.05, 0.1) is 6.54 Å². The number of rotatable bonds is 3. The van der Waals surface area contributed by atoms with Crippen LogP contribution in [0.3, 0.4) is 0 Å². The summed E-state index contributed by atoms with van der Waals surface area (Å²) < 4.78 is 0. The molecule has 0 N–H and O–H groups in total. The van der Waals surface area contributed by atoms with Crippen LogP contribution in [-0.2, 0) is 4.79 Å². The number of hydrogen-bond acceptors (Lipinski definition) is 3. The van der Waals surface area contributed by atoms with Gasteiger partial charge >= 0.3 is 0 Å². The number of aliphatic imine (C=N–C) groups is 1. The standard InChI is InChI=1S/C9H14N2O/c1-11-7-3-5-9(11)4-2-6-10-8-12/h2,4,9H,3,5-7H2,1H3/b4-2-. The highest BCUT2D eigenvalue weighted by atomic mass is 16.1. The van der Waals surface area contributed by atoms with E-state index in [9.17, 15) is 4.79 Å². The van der Waals surface area contributed by atoms with Crippen LogP contribution >= 0.6 is 0 Å². The van der Waals surface area contributed by atoms with Crippen molar-refractivity contribution in [2.45, 2.75) is 18.9 Å². The van der Waals surface area contributed by atoms with Crippen molar-refractivity contribution in [3.63, 3.8) is 0 Å². The maximum Gasteiger partial charge on any atom is 0.235 e. The topological polar surface area (TPSA) is 32.7 Å². The van der Waals surface area contributed by atoms with Gasteiger partial charge in [-0.1, -0.05) is 12.2 Å². The van der Waals surface area contributed by atoms with Crippen LogP contribution in [0.25, 0.3) is 0 Å². The summed E-state index contributed by atoms with van der Waals surface area (Å²) in [7, 11) is 2.12. The average Bonchev–Trinajstić information content (AvgIpc) is 2.46. The second-order valence-electron chi connectivity index (χ2n) is 3.05. The molecule has 12 heavy (non-hydrogen) atoms. The zero-order valence-electron chi connectivity index (χ0n) is 7.36. The van der Waals surface area contributed by atoms with Crippen LogP contribution < -0.4 is 0 Å². The summed E-state index contributed by atoms with van der Waals surface area (Å²) in [5.41, 5.74) is 0. The van der Waals surface area contributed by atoms with E-state index in [2.05, 4.69) is 23.0 Å². The monoisotopic (exact) mass is 166 g/mol. The third kappa shape index (κ3) is 2.61. The Morgan fingerprint density at radius 2 is 2.58 bits per heavy atom. The molecule has 1 saturated heterocycles. The molecular formula is C9H14N2O. The minimum atomic E-state index is 0.466. The summed E-state index contributed by atoms with van der Waals surface area (Å²) in [5, 5.41) is 0. The van der Waals surface area contributed by atoms with Gasteiger partial charge in [0.15, 0.2) is 0 Å². The lowest BCUT2D eigenvalue weighted by atomic mass is 10.2. The maximum atomic E-state index is 9.73. The summed E-state index contributed by atoms with van der Waals surface area (Å²) in [6.45, 7) is 1.64. The Bertz CT molecular complexity index is 207. The third-order valence-corrected chi connectivity index (χ3v) is 2.20. The van der Waals surface area contributed by atoms with Crippen LogP contribution in [0, 0.1) is 0 Å². The fourth-order valence-corrected chi connectivity index (χ4v) is 1.49. The van der Waals surface area contributed by atoms with Gasteiger partial charge in [-0.15, -0.1) is 0 Å². The van der Waals surface area contributed by atoms with Crippen LogP contribution in [0.15, 0.2) is 17.1 Å². The molecule has 0 aromatic heterocycles. The number of likely N-dealkylation sites (N-methyl/N-ethyl adjacent to an activating group) is 1. The number of isocyanates is 1. The zero-order chi connectivity index (χ0) is 8.81. The molecular weight excluding hydrogens is 152 g/mol. The minimum absolute atomic E-state index is 0.466. The fourth-order valence-electron chi connectivity index (χ4n) is 1.49. The summed E-state index contributed by atoms with van der Waals surface area (Å²) in [6.07, 6.45) is 8.05. The molecule has 1 heterocycles. The Labute approximate surface area is 72.8 Å². The Morgan fingerprint density at radius 1 is 1.75 bits per heavy atom. The molecule has 0 aliphatic carbocycles. The van der Waals surface area contributed by atoms with Crippen molar-refractivity contribution in [2.24, 2.45) is 4.99 Å². The van der Waals surface area contributed by atoms with Crippen LogP contribution in [0.5, 0.6) is 0 Å². The zero-order valence-corrected chi connectivity index (χ0v) is 7.36.